The minimum Gasteiger partial charge on any atom is -0.472 e. The van der Waals surface area contributed by atoms with Crippen molar-refractivity contribution >= 4 is 5.91 Å². The topological polar surface area (TPSA) is 73.1 Å². The van der Waals surface area contributed by atoms with Gasteiger partial charge in [-0.05, 0) is 37.5 Å². The number of carbonyl (C=O) groups is 1. The quantitative estimate of drug-likeness (QED) is 0.684. The zero-order valence-corrected chi connectivity index (χ0v) is 15.9. The Kier molecular flexibility index (Phi) is 5.32. The van der Waals surface area contributed by atoms with Crippen LogP contribution < -0.4 is 4.74 Å². The number of hydrogen-bond donors (Lipinski definition) is 0. The van der Waals surface area contributed by atoms with Gasteiger partial charge in [0, 0.05) is 43.3 Å². The van der Waals surface area contributed by atoms with Crippen LogP contribution in [0.2, 0.25) is 0 Å². The van der Waals surface area contributed by atoms with Crippen molar-refractivity contribution < 1.29 is 9.53 Å². The highest BCUT2D eigenvalue weighted by molar-refractivity contribution is 5.94. The summed E-state index contributed by atoms with van der Waals surface area (Å²) in [7, 11) is 0. The molecule has 1 aliphatic heterocycles. The van der Waals surface area contributed by atoms with Gasteiger partial charge in [-0.3, -0.25) is 4.79 Å². The maximum atomic E-state index is 12.9. The summed E-state index contributed by atoms with van der Waals surface area (Å²) >= 11 is 0. The molecule has 1 saturated heterocycles. The molecule has 7 heteroatoms. The summed E-state index contributed by atoms with van der Waals surface area (Å²) in [4.78, 5) is 27.2. The normalized spacial score (nSPS) is 16.8. The van der Waals surface area contributed by atoms with Crippen molar-refractivity contribution in [2.75, 3.05) is 13.1 Å². The zero-order valence-electron chi connectivity index (χ0n) is 15.9. The van der Waals surface area contributed by atoms with E-state index in [2.05, 4.69) is 15.0 Å². The molecule has 1 aromatic carbocycles. The minimum atomic E-state index is -0.0486. The van der Waals surface area contributed by atoms with E-state index < -0.39 is 0 Å². The van der Waals surface area contributed by atoms with Crippen molar-refractivity contribution in [2.45, 2.75) is 32.4 Å². The molecule has 0 N–H and O–H groups in total. The summed E-state index contributed by atoms with van der Waals surface area (Å²) in [5, 5.41) is 0. The first-order valence-electron chi connectivity index (χ1n) is 9.47. The highest BCUT2D eigenvalue weighted by Gasteiger charge is 2.26. The SMILES string of the molecule is Cc1nccc(O[C@@H]2CCCN(C(=O)c3ccc(Cn4ccnc4)cc3)C2)n1. The van der Waals surface area contributed by atoms with Gasteiger partial charge >= 0.3 is 0 Å². The Morgan fingerprint density at radius 3 is 2.82 bits per heavy atom. The molecule has 2 aromatic heterocycles. The third kappa shape index (κ3) is 4.36. The maximum Gasteiger partial charge on any atom is 0.253 e. The van der Waals surface area contributed by atoms with Gasteiger partial charge in [0.25, 0.3) is 5.91 Å². The Hall–Kier alpha value is -3.22. The average Bonchev–Trinajstić information content (AvgIpc) is 3.21. The van der Waals surface area contributed by atoms with Crippen LogP contribution in [0.5, 0.6) is 5.88 Å². The molecular formula is C21H23N5O2. The molecule has 28 heavy (non-hydrogen) atoms. The van der Waals surface area contributed by atoms with Crippen LogP contribution in [0.25, 0.3) is 0 Å². The first-order valence-corrected chi connectivity index (χ1v) is 9.47. The van der Waals surface area contributed by atoms with Gasteiger partial charge < -0.3 is 14.2 Å². The highest BCUT2D eigenvalue weighted by atomic mass is 16.5. The second-order valence-electron chi connectivity index (χ2n) is 7.01. The van der Waals surface area contributed by atoms with E-state index in [1.165, 1.54) is 0 Å². The first kappa shape index (κ1) is 18.2. The first-order chi connectivity index (χ1) is 13.7. The summed E-state index contributed by atoms with van der Waals surface area (Å²) in [6, 6.07) is 9.54. The van der Waals surface area contributed by atoms with Crippen molar-refractivity contribution in [2.24, 2.45) is 0 Å². The molecule has 0 radical (unpaired) electrons. The van der Waals surface area contributed by atoms with Crippen LogP contribution in [-0.4, -0.2) is 49.5 Å². The summed E-state index contributed by atoms with van der Waals surface area (Å²) in [6.07, 6.45) is 8.94. The van der Waals surface area contributed by atoms with Crippen LogP contribution in [0.4, 0.5) is 0 Å². The Balaban J connectivity index is 1.38. The minimum absolute atomic E-state index is 0.0429. The lowest BCUT2D eigenvalue weighted by atomic mass is 10.1. The van der Waals surface area contributed by atoms with E-state index in [0.717, 1.165) is 31.5 Å². The number of amides is 1. The summed E-state index contributed by atoms with van der Waals surface area (Å²) in [5.41, 5.74) is 1.83. The number of ether oxygens (including phenoxy) is 1. The van der Waals surface area contributed by atoms with Gasteiger partial charge in [0.1, 0.15) is 11.9 Å². The second-order valence-corrected chi connectivity index (χ2v) is 7.01. The lowest BCUT2D eigenvalue weighted by Crippen LogP contribution is -2.44. The predicted octanol–water partition coefficient (Wildman–Crippen LogP) is 2.71. The number of likely N-dealkylation sites (tertiary alicyclic amines) is 1. The number of piperidine rings is 1. The number of rotatable bonds is 5. The Bertz CT molecular complexity index is 924. The van der Waals surface area contributed by atoms with Crippen LogP contribution in [-0.2, 0) is 6.54 Å². The smallest absolute Gasteiger partial charge is 0.253 e. The van der Waals surface area contributed by atoms with Crippen molar-refractivity contribution in [3.05, 3.63) is 72.2 Å². The molecule has 4 rings (SSSR count). The van der Waals surface area contributed by atoms with Gasteiger partial charge in [0.05, 0.1) is 12.9 Å². The summed E-state index contributed by atoms with van der Waals surface area (Å²) < 4.78 is 7.97. The van der Waals surface area contributed by atoms with E-state index in [9.17, 15) is 4.79 Å². The number of benzene rings is 1. The van der Waals surface area contributed by atoms with E-state index in [1.807, 2.05) is 46.9 Å². The fourth-order valence-electron chi connectivity index (χ4n) is 3.42. The molecule has 0 saturated carbocycles. The molecule has 1 atom stereocenters. The number of hydrogen-bond acceptors (Lipinski definition) is 5. The van der Waals surface area contributed by atoms with Gasteiger partial charge in [-0.1, -0.05) is 12.1 Å². The molecule has 1 aliphatic rings. The van der Waals surface area contributed by atoms with Gasteiger partial charge in [-0.2, -0.15) is 4.98 Å². The number of imidazole rings is 1. The fraction of sp³-hybridized carbons (Fsp3) is 0.333. The summed E-state index contributed by atoms with van der Waals surface area (Å²) in [5.74, 6) is 1.29. The Morgan fingerprint density at radius 1 is 1.21 bits per heavy atom. The van der Waals surface area contributed by atoms with Crippen molar-refractivity contribution in [3.8, 4) is 5.88 Å². The van der Waals surface area contributed by atoms with Crippen LogP contribution in [0.3, 0.4) is 0 Å². The zero-order chi connectivity index (χ0) is 19.3. The number of carbonyl (C=O) groups excluding carboxylic acids is 1. The summed E-state index contributed by atoms with van der Waals surface area (Å²) in [6.45, 7) is 3.89. The maximum absolute atomic E-state index is 12.9. The second kappa shape index (κ2) is 8.21. The van der Waals surface area contributed by atoms with Crippen molar-refractivity contribution in [1.29, 1.82) is 0 Å². The Labute approximate surface area is 164 Å². The van der Waals surface area contributed by atoms with Crippen LogP contribution >= 0.6 is 0 Å². The van der Waals surface area contributed by atoms with E-state index in [-0.39, 0.29) is 12.0 Å². The number of aromatic nitrogens is 4. The van der Waals surface area contributed by atoms with Gasteiger partial charge in [0.15, 0.2) is 0 Å². The predicted molar refractivity (Wildman–Crippen MR) is 104 cm³/mol. The van der Waals surface area contributed by atoms with Gasteiger partial charge in [-0.15, -0.1) is 0 Å². The third-order valence-electron chi connectivity index (χ3n) is 4.83. The molecule has 1 amide bonds. The van der Waals surface area contributed by atoms with E-state index >= 15 is 0 Å². The largest absolute Gasteiger partial charge is 0.472 e. The molecule has 1 fully saturated rings. The van der Waals surface area contributed by atoms with Crippen LogP contribution in [0, 0.1) is 6.92 Å². The van der Waals surface area contributed by atoms with E-state index in [1.54, 1.807) is 24.8 Å². The standard InChI is InChI=1S/C21H23N5O2/c1-16-23-9-8-20(24-16)28-19-3-2-11-26(14-19)21(27)18-6-4-17(5-7-18)13-25-12-10-22-15-25/h4-10,12,15,19H,2-3,11,13-14H2,1H3/t19-/m1/s1. The molecule has 3 heterocycles. The number of aryl methyl sites for hydroxylation is 1. The van der Waals surface area contributed by atoms with E-state index in [0.29, 0.717) is 23.8 Å². The molecule has 144 valence electrons. The molecule has 3 aromatic rings. The third-order valence-corrected chi connectivity index (χ3v) is 4.83. The van der Waals surface area contributed by atoms with Crippen LogP contribution in [0.15, 0.2) is 55.2 Å². The van der Waals surface area contributed by atoms with Crippen LogP contribution in [0.1, 0.15) is 34.6 Å². The Morgan fingerprint density at radius 2 is 2.07 bits per heavy atom. The number of nitrogens with zero attached hydrogens (tertiary/aromatic N) is 5. The molecule has 0 bridgehead atoms. The highest BCUT2D eigenvalue weighted by Crippen LogP contribution is 2.19. The molecule has 7 nitrogen and oxygen atoms in total. The van der Waals surface area contributed by atoms with Crippen molar-refractivity contribution in [3.63, 3.8) is 0 Å². The molecular weight excluding hydrogens is 354 g/mol. The fourth-order valence-corrected chi connectivity index (χ4v) is 3.42. The lowest BCUT2D eigenvalue weighted by molar-refractivity contribution is 0.0527. The molecule has 0 aliphatic carbocycles. The lowest BCUT2D eigenvalue weighted by Gasteiger charge is -2.32. The van der Waals surface area contributed by atoms with Crippen molar-refractivity contribution in [1.82, 2.24) is 24.4 Å². The molecule has 0 unspecified atom stereocenters. The average molecular weight is 377 g/mol. The van der Waals surface area contributed by atoms with Gasteiger partial charge in [-0.25, -0.2) is 9.97 Å². The van der Waals surface area contributed by atoms with E-state index in [4.69, 9.17) is 4.74 Å². The monoisotopic (exact) mass is 377 g/mol. The van der Waals surface area contributed by atoms with Gasteiger partial charge in [0.2, 0.25) is 5.88 Å². The molecule has 0 spiro atoms.